The van der Waals surface area contributed by atoms with Crippen LogP contribution in [0.4, 0.5) is 0 Å². The van der Waals surface area contributed by atoms with E-state index in [1.807, 2.05) is 4.98 Å². The van der Waals surface area contributed by atoms with Crippen molar-refractivity contribution in [2.45, 2.75) is 19.3 Å². The number of nitrogens with zero attached hydrogens (tertiary/aromatic N) is 1. The number of carbonyl (C=O) groups is 1. The first kappa shape index (κ1) is 13.5. The fraction of sp³-hybridized carbons (Fsp3) is 0.583. The Bertz CT molecular complexity index is 526. The third-order valence-corrected chi connectivity index (χ3v) is 3.47. The number of nitrogens with one attached hydrogen (secondary N) is 2. The molecule has 0 bridgehead atoms. The summed E-state index contributed by atoms with van der Waals surface area (Å²) in [4.78, 5) is 40.5. The number of likely N-dealkylation sites (tertiary alicyclic amines) is 1. The van der Waals surface area contributed by atoms with Gasteiger partial charge in [-0.25, -0.2) is 4.79 Å². The summed E-state index contributed by atoms with van der Waals surface area (Å²) in [6.45, 7) is 1.94. The Morgan fingerprint density at radius 1 is 1.32 bits per heavy atom. The van der Waals surface area contributed by atoms with E-state index in [9.17, 15) is 14.4 Å². The number of amides is 1. The van der Waals surface area contributed by atoms with Crippen molar-refractivity contribution in [1.29, 1.82) is 0 Å². The Labute approximate surface area is 109 Å². The van der Waals surface area contributed by atoms with Crippen molar-refractivity contribution in [1.82, 2.24) is 14.9 Å². The summed E-state index contributed by atoms with van der Waals surface area (Å²) in [6.07, 6.45) is 2.80. The molecule has 0 saturated carbocycles. The molecule has 1 aliphatic heterocycles. The Morgan fingerprint density at radius 2 is 2.00 bits per heavy atom. The predicted molar refractivity (Wildman–Crippen MR) is 70.0 cm³/mol. The molecule has 0 aromatic carbocycles. The first-order valence-corrected chi connectivity index (χ1v) is 6.43. The first-order chi connectivity index (χ1) is 9.10. The molecular weight excluding hydrogens is 248 g/mol. The van der Waals surface area contributed by atoms with Crippen LogP contribution in [-0.2, 0) is 0 Å². The van der Waals surface area contributed by atoms with Crippen LogP contribution in [0.3, 0.4) is 0 Å². The van der Waals surface area contributed by atoms with Crippen LogP contribution in [0.25, 0.3) is 0 Å². The first-order valence-electron chi connectivity index (χ1n) is 6.43. The van der Waals surface area contributed by atoms with Crippen molar-refractivity contribution < 1.29 is 4.79 Å². The van der Waals surface area contributed by atoms with Gasteiger partial charge in [-0.05, 0) is 31.7 Å². The van der Waals surface area contributed by atoms with Gasteiger partial charge in [0.2, 0.25) is 0 Å². The lowest BCUT2D eigenvalue weighted by Gasteiger charge is -2.31. The van der Waals surface area contributed by atoms with Crippen molar-refractivity contribution in [2.75, 3.05) is 19.6 Å². The molecule has 0 aliphatic carbocycles. The average molecular weight is 266 g/mol. The number of nitrogens with two attached hydrogens (primary N) is 1. The smallest absolute Gasteiger partial charge is 0.326 e. The van der Waals surface area contributed by atoms with Gasteiger partial charge in [0.05, 0.1) is 0 Å². The van der Waals surface area contributed by atoms with Gasteiger partial charge in [0.1, 0.15) is 5.69 Å². The van der Waals surface area contributed by atoms with Crippen molar-refractivity contribution in [3.63, 3.8) is 0 Å². The minimum Gasteiger partial charge on any atom is -0.337 e. The van der Waals surface area contributed by atoms with E-state index in [2.05, 4.69) is 4.98 Å². The minimum absolute atomic E-state index is 0.0472. The zero-order valence-electron chi connectivity index (χ0n) is 10.6. The summed E-state index contributed by atoms with van der Waals surface area (Å²) < 4.78 is 0. The molecule has 4 N–H and O–H groups in total. The summed E-state index contributed by atoms with van der Waals surface area (Å²) in [7, 11) is 0. The second-order valence-corrected chi connectivity index (χ2v) is 4.81. The number of hydrogen-bond donors (Lipinski definition) is 3. The van der Waals surface area contributed by atoms with E-state index in [4.69, 9.17) is 5.73 Å². The molecule has 1 aliphatic rings. The lowest BCUT2D eigenvalue weighted by Crippen LogP contribution is -2.40. The maximum Gasteiger partial charge on any atom is 0.326 e. The molecule has 19 heavy (non-hydrogen) atoms. The number of piperidine rings is 1. The molecule has 1 amide bonds. The van der Waals surface area contributed by atoms with Crippen LogP contribution in [0, 0.1) is 5.92 Å². The molecule has 7 nitrogen and oxygen atoms in total. The molecule has 0 atom stereocenters. The quantitative estimate of drug-likeness (QED) is 0.669. The van der Waals surface area contributed by atoms with Crippen molar-refractivity contribution >= 4 is 5.91 Å². The number of rotatable bonds is 3. The van der Waals surface area contributed by atoms with Gasteiger partial charge in [-0.1, -0.05) is 0 Å². The molecule has 2 rings (SSSR count). The maximum atomic E-state index is 12.1. The van der Waals surface area contributed by atoms with E-state index in [1.54, 1.807) is 4.90 Å². The fourth-order valence-corrected chi connectivity index (χ4v) is 2.41. The SMILES string of the molecule is NCCC1CCN(C(=O)c2cc(=O)[nH]c(=O)[nH]2)CC1. The highest BCUT2D eigenvalue weighted by molar-refractivity contribution is 5.92. The number of H-pyrrole nitrogens is 2. The van der Waals surface area contributed by atoms with E-state index < -0.39 is 11.2 Å². The van der Waals surface area contributed by atoms with Gasteiger partial charge in [-0.15, -0.1) is 0 Å². The van der Waals surface area contributed by atoms with Crippen LogP contribution >= 0.6 is 0 Å². The summed E-state index contributed by atoms with van der Waals surface area (Å²) in [5.41, 5.74) is 4.34. The maximum absolute atomic E-state index is 12.1. The molecule has 0 spiro atoms. The predicted octanol–water partition coefficient (Wildman–Crippen LogP) is -0.736. The fourth-order valence-electron chi connectivity index (χ4n) is 2.41. The highest BCUT2D eigenvalue weighted by atomic mass is 16.2. The summed E-state index contributed by atoms with van der Waals surface area (Å²) in [5.74, 6) is 0.265. The van der Waals surface area contributed by atoms with Crippen LogP contribution in [0.2, 0.25) is 0 Å². The largest absolute Gasteiger partial charge is 0.337 e. The third-order valence-electron chi connectivity index (χ3n) is 3.47. The molecule has 0 unspecified atom stereocenters. The Kier molecular flexibility index (Phi) is 4.16. The molecule has 1 aromatic heterocycles. The van der Waals surface area contributed by atoms with E-state index in [0.717, 1.165) is 25.3 Å². The van der Waals surface area contributed by atoms with E-state index in [1.165, 1.54) is 0 Å². The van der Waals surface area contributed by atoms with Crippen LogP contribution in [0.15, 0.2) is 15.7 Å². The van der Waals surface area contributed by atoms with Crippen molar-refractivity contribution in [2.24, 2.45) is 11.7 Å². The number of aromatic nitrogens is 2. The van der Waals surface area contributed by atoms with Gasteiger partial charge >= 0.3 is 5.69 Å². The average Bonchev–Trinajstić information content (AvgIpc) is 2.38. The van der Waals surface area contributed by atoms with E-state index in [-0.39, 0.29) is 11.6 Å². The highest BCUT2D eigenvalue weighted by Crippen LogP contribution is 2.20. The van der Waals surface area contributed by atoms with Gasteiger partial charge in [0, 0.05) is 19.2 Å². The third kappa shape index (κ3) is 3.31. The molecule has 1 fully saturated rings. The molecule has 1 saturated heterocycles. The normalized spacial score (nSPS) is 16.6. The Morgan fingerprint density at radius 3 is 2.58 bits per heavy atom. The summed E-state index contributed by atoms with van der Waals surface area (Å²) >= 11 is 0. The van der Waals surface area contributed by atoms with Crippen LogP contribution in [0.1, 0.15) is 29.8 Å². The zero-order chi connectivity index (χ0) is 13.8. The lowest BCUT2D eigenvalue weighted by molar-refractivity contribution is 0.0681. The molecule has 2 heterocycles. The number of aromatic amines is 2. The summed E-state index contributed by atoms with van der Waals surface area (Å²) in [6, 6.07) is 1.12. The van der Waals surface area contributed by atoms with Crippen LogP contribution in [0.5, 0.6) is 0 Å². The lowest BCUT2D eigenvalue weighted by atomic mass is 9.93. The molecular formula is C12H18N4O3. The van der Waals surface area contributed by atoms with Crippen LogP contribution in [-0.4, -0.2) is 40.4 Å². The van der Waals surface area contributed by atoms with Crippen molar-refractivity contribution in [3.8, 4) is 0 Å². The Balaban J connectivity index is 2.05. The molecule has 104 valence electrons. The Hall–Kier alpha value is -1.89. The molecule has 0 radical (unpaired) electrons. The summed E-state index contributed by atoms with van der Waals surface area (Å²) in [5, 5.41) is 0. The number of hydrogen-bond acceptors (Lipinski definition) is 4. The molecule has 7 heteroatoms. The van der Waals surface area contributed by atoms with Gasteiger partial charge in [0.25, 0.3) is 11.5 Å². The standard InChI is InChI=1S/C12H18N4O3/c13-4-1-8-2-5-16(6-3-8)11(18)9-7-10(17)15-12(19)14-9/h7-8H,1-6,13H2,(H2,14,15,17,19). The highest BCUT2D eigenvalue weighted by Gasteiger charge is 2.23. The second kappa shape index (κ2) is 5.83. The van der Waals surface area contributed by atoms with Gasteiger partial charge < -0.3 is 15.6 Å². The van der Waals surface area contributed by atoms with Crippen LogP contribution < -0.4 is 17.0 Å². The minimum atomic E-state index is -0.658. The second-order valence-electron chi connectivity index (χ2n) is 4.81. The topological polar surface area (TPSA) is 112 Å². The van der Waals surface area contributed by atoms with Gasteiger partial charge in [-0.2, -0.15) is 0 Å². The number of carbonyl (C=O) groups excluding carboxylic acids is 1. The van der Waals surface area contributed by atoms with Crippen molar-refractivity contribution in [3.05, 3.63) is 32.6 Å². The molecule has 1 aromatic rings. The van der Waals surface area contributed by atoms with Gasteiger partial charge in [0.15, 0.2) is 0 Å². The monoisotopic (exact) mass is 266 g/mol. The van der Waals surface area contributed by atoms with E-state index >= 15 is 0 Å². The van der Waals surface area contributed by atoms with E-state index in [0.29, 0.717) is 25.6 Å². The zero-order valence-corrected chi connectivity index (χ0v) is 10.6. The van der Waals surface area contributed by atoms with Gasteiger partial charge in [-0.3, -0.25) is 14.6 Å².